The van der Waals surface area contributed by atoms with Crippen LogP contribution in [-0.2, 0) is 19.1 Å². The lowest BCUT2D eigenvalue weighted by atomic mass is 10.1. The highest BCUT2D eigenvalue weighted by Gasteiger charge is 2.19. The first-order valence-corrected chi connectivity index (χ1v) is 8.85. The molecular weight excluding hydrogens is 392 g/mol. The van der Waals surface area contributed by atoms with E-state index in [0.717, 1.165) is 12.8 Å². The summed E-state index contributed by atoms with van der Waals surface area (Å²) in [5.41, 5.74) is 0. The van der Waals surface area contributed by atoms with Crippen LogP contribution in [0, 0.1) is 0 Å². The van der Waals surface area contributed by atoms with Gasteiger partial charge in [-0.05, 0) is 26.2 Å². The smallest absolute Gasteiger partial charge is 0.306 e. The van der Waals surface area contributed by atoms with Crippen LogP contribution in [0.5, 0.6) is 0 Å². The zero-order valence-corrected chi connectivity index (χ0v) is 15.5. The Morgan fingerprint density at radius 2 is 1.80 bits per heavy atom. The van der Waals surface area contributed by atoms with Crippen LogP contribution >= 0.6 is 31.9 Å². The van der Waals surface area contributed by atoms with Crippen molar-refractivity contribution in [3.8, 4) is 0 Å². The number of esters is 2. The van der Waals surface area contributed by atoms with Gasteiger partial charge in [0.05, 0.1) is 13.0 Å². The quantitative estimate of drug-likeness (QED) is 0.400. The van der Waals surface area contributed by atoms with Crippen molar-refractivity contribution < 1.29 is 19.1 Å². The first-order valence-electron chi connectivity index (χ1n) is 7.02. The van der Waals surface area contributed by atoms with E-state index in [1.54, 1.807) is 6.92 Å². The van der Waals surface area contributed by atoms with Gasteiger partial charge in [0.2, 0.25) is 0 Å². The first-order chi connectivity index (χ1) is 9.38. The third kappa shape index (κ3) is 10.7. The molecule has 0 aliphatic carbocycles. The van der Waals surface area contributed by atoms with E-state index >= 15 is 0 Å². The van der Waals surface area contributed by atoms with Crippen molar-refractivity contribution in [2.75, 3.05) is 6.61 Å². The summed E-state index contributed by atoms with van der Waals surface area (Å²) >= 11 is 6.84. The average Bonchev–Trinajstić information content (AvgIpc) is 2.35. The molecule has 6 heteroatoms. The summed E-state index contributed by atoms with van der Waals surface area (Å²) < 4.78 is 10.3. The van der Waals surface area contributed by atoms with E-state index in [1.165, 1.54) is 0 Å². The summed E-state index contributed by atoms with van der Waals surface area (Å²) in [6.45, 7) is 6.13. The molecule has 0 heterocycles. The number of carbonyl (C=O) groups is 2. The Morgan fingerprint density at radius 1 is 1.15 bits per heavy atom. The zero-order valence-electron chi connectivity index (χ0n) is 12.4. The van der Waals surface area contributed by atoms with Crippen LogP contribution in [0.2, 0.25) is 0 Å². The maximum Gasteiger partial charge on any atom is 0.306 e. The zero-order chi connectivity index (χ0) is 15.5. The van der Waals surface area contributed by atoms with Crippen LogP contribution in [0.3, 0.4) is 0 Å². The third-order valence-corrected chi connectivity index (χ3v) is 3.87. The number of rotatable bonds is 10. The van der Waals surface area contributed by atoms with Crippen molar-refractivity contribution in [3.05, 3.63) is 0 Å². The SMILES string of the molecule is CCOC(=O)CC(Br)CC(CC)OC(=O)CCC(C)Br. The molecule has 0 amide bonds. The number of hydrogen-bond donors (Lipinski definition) is 0. The molecule has 3 atom stereocenters. The normalized spacial score (nSPS) is 15.2. The Kier molecular flexibility index (Phi) is 11.5. The fourth-order valence-corrected chi connectivity index (χ4v) is 2.54. The second kappa shape index (κ2) is 11.5. The van der Waals surface area contributed by atoms with Gasteiger partial charge in [0.25, 0.3) is 0 Å². The summed E-state index contributed by atoms with van der Waals surface area (Å²) in [7, 11) is 0. The van der Waals surface area contributed by atoms with E-state index in [4.69, 9.17) is 9.47 Å². The molecule has 0 aliphatic rings. The summed E-state index contributed by atoms with van der Waals surface area (Å²) in [5.74, 6) is -0.414. The van der Waals surface area contributed by atoms with E-state index in [0.29, 0.717) is 30.7 Å². The minimum atomic E-state index is -0.233. The Balaban J connectivity index is 4.07. The molecule has 0 radical (unpaired) electrons. The van der Waals surface area contributed by atoms with Crippen molar-refractivity contribution in [1.82, 2.24) is 0 Å². The van der Waals surface area contributed by atoms with Gasteiger partial charge in [-0.25, -0.2) is 0 Å². The average molecular weight is 416 g/mol. The van der Waals surface area contributed by atoms with E-state index < -0.39 is 0 Å². The third-order valence-electron chi connectivity index (χ3n) is 2.71. The van der Waals surface area contributed by atoms with E-state index in [-0.39, 0.29) is 22.9 Å². The molecule has 4 nitrogen and oxygen atoms in total. The van der Waals surface area contributed by atoms with Gasteiger partial charge in [0.15, 0.2) is 0 Å². The molecule has 118 valence electrons. The van der Waals surface area contributed by atoms with Gasteiger partial charge in [-0.3, -0.25) is 9.59 Å². The fraction of sp³-hybridized carbons (Fsp3) is 0.857. The molecule has 0 aliphatic heterocycles. The van der Waals surface area contributed by atoms with Gasteiger partial charge in [0.1, 0.15) is 6.10 Å². The fourth-order valence-electron chi connectivity index (χ4n) is 1.63. The second-order valence-corrected chi connectivity index (χ2v) is 7.54. The molecule has 3 unspecified atom stereocenters. The van der Waals surface area contributed by atoms with Gasteiger partial charge < -0.3 is 9.47 Å². The van der Waals surface area contributed by atoms with E-state index in [2.05, 4.69) is 31.9 Å². The molecule has 0 aromatic carbocycles. The minimum absolute atomic E-state index is 0.0330. The number of carbonyl (C=O) groups excluding carboxylic acids is 2. The van der Waals surface area contributed by atoms with Crippen LogP contribution in [0.15, 0.2) is 0 Å². The van der Waals surface area contributed by atoms with Crippen molar-refractivity contribution in [2.24, 2.45) is 0 Å². The van der Waals surface area contributed by atoms with Crippen LogP contribution < -0.4 is 0 Å². The molecule has 0 bridgehead atoms. The van der Waals surface area contributed by atoms with Crippen LogP contribution in [0.1, 0.15) is 52.9 Å². The van der Waals surface area contributed by atoms with Gasteiger partial charge >= 0.3 is 11.9 Å². The predicted octanol–water partition coefficient (Wildman–Crippen LogP) is 3.98. The summed E-state index contributed by atoms with van der Waals surface area (Å²) in [6, 6.07) is 0. The molecular formula is C14H24Br2O4. The molecule has 0 spiro atoms. The van der Waals surface area contributed by atoms with Crippen LogP contribution in [0.25, 0.3) is 0 Å². The molecule has 0 fully saturated rings. The minimum Gasteiger partial charge on any atom is -0.466 e. The lowest BCUT2D eigenvalue weighted by molar-refractivity contribution is -0.149. The highest BCUT2D eigenvalue weighted by Crippen LogP contribution is 2.18. The van der Waals surface area contributed by atoms with E-state index in [9.17, 15) is 9.59 Å². The molecule has 0 saturated heterocycles. The lowest BCUT2D eigenvalue weighted by Gasteiger charge is -2.19. The van der Waals surface area contributed by atoms with Gasteiger partial charge in [-0.1, -0.05) is 45.7 Å². The summed E-state index contributed by atoms with van der Waals surface area (Å²) in [5, 5.41) is 0. The van der Waals surface area contributed by atoms with Crippen molar-refractivity contribution in [1.29, 1.82) is 0 Å². The number of halogens is 2. The Labute approximate surface area is 138 Å². The molecule has 20 heavy (non-hydrogen) atoms. The topological polar surface area (TPSA) is 52.6 Å². The second-order valence-electron chi connectivity index (χ2n) is 4.68. The van der Waals surface area contributed by atoms with Gasteiger partial charge in [-0.15, -0.1) is 0 Å². The Morgan fingerprint density at radius 3 is 2.30 bits per heavy atom. The first kappa shape index (κ1) is 19.9. The summed E-state index contributed by atoms with van der Waals surface area (Å²) in [4.78, 5) is 23.3. The van der Waals surface area contributed by atoms with Crippen molar-refractivity contribution >= 4 is 43.8 Å². The monoisotopic (exact) mass is 414 g/mol. The van der Waals surface area contributed by atoms with Crippen LogP contribution in [0.4, 0.5) is 0 Å². The Hall–Kier alpha value is -0.100. The van der Waals surface area contributed by atoms with Gasteiger partial charge in [0, 0.05) is 16.1 Å². The lowest BCUT2D eigenvalue weighted by Crippen LogP contribution is -2.23. The molecule has 0 saturated carbocycles. The number of hydrogen-bond acceptors (Lipinski definition) is 4. The number of ether oxygens (including phenoxy) is 2. The van der Waals surface area contributed by atoms with Crippen LogP contribution in [-0.4, -0.2) is 34.3 Å². The summed E-state index contributed by atoms with van der Waals surface area (Å²) in [6.07, 6.45) is 2.65. The Bertz CT molecular complexity index is 295. The molecule has 0 aromatic rings. The van der Waals surface area contributed by atoms with E-state index in [1.807, 2.05) is 13.8 Å². The highest BCUT2D eigenvalue weighted by atomic mass is 79.9. The maximum absolute atomic E-state index is 11.7. The van der Waals surface area contributed by atoms with Gasteiger partial charge in [-0.2, -0.15) is 0 Å². The molecule has 0 aromatic heterocycles. The molecule has 0 rings (SSSR count). The highest BCUT2D eigenvalue weighted by molar-refractivity contribution is 9.09. The largest absolute Gasteiger partial charge is 0.466 e. The number of alkyl halides is 2. The molecule has 0 N–H and O–H groups in total. The van der Waals surface area contributed by atoms with Crippen molar-refractivity contribution in [3.63, 3.8) is 0 Å². The van der Waals surface area contributed by atoms with Crippen molar-refractivity contribution in [2.45, 2.75) is 68.6 Å². The standard InChI is InChI=1S/C14H24Br2O4/c1-4-12(20-13(17)7-6-10(3)15)8-11(16)9-14(18)19-5-2/h10-12H,4-9H2,1-3H3. The maximum atomic E-state index is 11.7. The predicted molar refractivity (Wildman–Crippen MR) is 86.4 cm³/mol.